The first kappa shape index (κ1) is 20.1. The summed E-state index contributed by atoms with van der Waals surface area (Å²) in [6.07, 6.45) is 6.94. The molecule has 30 heavy (non-hydrogen) atoms. The van der Waals surface area contributed by atoms with E-state index in [0.717, 1.165) is 78.7 Å². The standard InChI is InChI=1S/C26H27N3O/c1-2-3-12-25-28-24-11-7-6-10-23(24)26(30)29(25)18-19-13-15-20(16-14-19)22-9-5-4-8-21(22)17-27/h4-5,8-9,13-16H,2-3,6-7,10-12,18H2,1H3. The van der Waals surface area contributed by atoms with Crippen molar-refractivity contribution in [3.8, 4) is 17.2 Å². The predicted octanol–water partition coefficient (Wildman–Crippen LogP) is 5.05. The highest BCUT2D eigenvalue weighted by Gasteiger charge is 2.19. The van der Waals surface area contributed by atoms with Crippen molar-refractivity contribution in [3.05, 3.63) is 87.1 Å². The third-order valence-corrected chi connectivity index (χ3v) is 5.92. The van der Waals surface area contributed by atoms with Crippen LogP contribution in [0.15, 0.2) is 53.3 Å². The van der Waals surface area contributed by atoms with Crippen molar-refractivity contribution in [1.29, 1.82) is 5.26 Å². The first-order valence-electron chi connectivity index (χ1n) is 10.9. The zero-order valence-electron chi connectivity index (χ0n) is 17.5. The lowest BCUT2D eigenvalue weighted by Gasteiger charge is -2.20. The molecule has 4 rings (SSSR count). The van der Waals surface area contributed by atoms with Crippen LogP contribution in [0.25, 0.3) is 11.1 Å². The van der Waals surface area contributed by atoms with E-state index in [1.807, 2.05) is 41.0 Å². The normalized spacial score (nSPS) is 12.9. The predicted molar refractivity (Wildman–Crippen MR) is 119 cm³/mol. The average Bonchev–Trinajstić information content (AvgIpc) is 2.80. The number of nitrogens with zero attached hydrogens (tertiary/aromatic N) is 3. The molecule has 1 aromatic heterocycles. The molecule has 0 spiro atoms. The third kappa shape index (κ3) is 4.07. The van der Waals surface area contributed by atoms with E-state index >= 15 is 0 Å². The van der Waals surface area contributed by atoms with Gasteiger partial charge in [0.15, 0.2) is 0 Å². The summed E-state index contributed by atoms with van der Waals surface area (Å²) in [5.74, 6) is 0.918. The molecule has 152 valence electrons. The number of aryl methyl sites for hydroxylation is 2. The van der Waals surface area contributed by atoms with Crippen molar-refractivity contribution in [2.75, 3.05) is 0 Å². The molecule has 0 amide bonds. The number of nitriles is 1. The topological polar surface area (TPSA) is 58.7 Å². The molecule has 1 heterocycles. The van der Waals surface area contributed by atoms with E-state index < -0.39 is 0 Å². The van der Waals surface area contributed by atoms with Crippen molar-refractivity contribution in [2.24, 2.45) is 0 Å². The number of rotatable bonds is 6. The van der Waals surface area contributed by atoms with Gasteiger partial charge in [-0.3, -0.25) is 9.36 Å². The van der Waals surface area contributed by atoms with Gasteiger partial charge in [0.2, 0.25) is 0 Å². The van der Waals surface area contributed by atoms with Crippen LogP contribution in [0.1, 0.15) is 60.8 Å². The number of benzene rings is 2. The van der Waals surface area contributed by atoms with Gasteiger partial charge in [0, 0.05) is 12.0 Å². The van der Waals surface area contributed by atoms with Gasteiger partial charge < -0.3 is 0 Å². The van der Waals surface area contributed by atoms with Gasteiger partial charge in [-0.25, -0.2) is 4.98 Å². The number of unbranched alkanes of at least 4 members (excludes halogenated alkanes) is 1. The summed E-state index contributed by atoms with van der Waals surface area (Å²) < 4.78 is 1.89. The fourth-order valence-electron chi connectivity index (χ4n) is 4.23. The van der Waals surface area contributed by atoms with E-state index in [-0.39, 0.29) is 5.56 Å². The monoisotopic (exact) mass is 397 g/mol. The molecule has 0 saturated carbocycles. The second-order valence-corrected chi connectivity index (χ2v) is 8.01. The summed E-state index contributed by atoms with van der Waals surface area (Å²) in [7, 11) is 0. The molecule has 0 atom stereocenters. The van der Waals surface area contributed by atoms with Crippen LogP contribution in [0, 0.1) is 11.3 Å². The lowest BCUT2D eigenvalue weighted by Crippen LogP contribution is -2.32. The van der Waals surface area contributed by atoms with Crippen LogP contribution in [-0.4, -0.2) is 9.55 Å². The van der Waals surface area contributed by atoms with Gasteiger partial charge in [0.25, 0.3) is 5.56 Å². The van der Waals surface area contributed by atoms with Crippen LogP contribution < -0.4 is 5.56 Å². The molecular weight excluding hydrogens is 370 g/mol. The van der Waals surface area contributed by atoms with Crippen LogP contribution in [0.5, 0.6) is 0 Å². The molecule has 0 aliphatic heterocycles. The highest BCUT2D eigenvalue weighted by Crippen LogP contribution is 2.24. The number of aromatic nitrogens is 2. The highest BCUT2D eigenvalue weighted by atomic mass is 16.1. The van der Waals surface area contributed by atoms with Gasteiger partial charge in [0.05, 0.1) is 23.9 Å². The molecule has 0 unspecified atom stereocenters. The zero-order valence-corrected chi connectivity index (χ0v) is 17.5. The Morgan fingerprint density at radius 3 is 2.60 bits per heavy atom. The molecular formula is C26H27N3O. The minimum atomic E-state index is 0.143. The summed E-state index contributed by atoms with van der Waals surface area (Å²) in [6.45, 7) is 2.71. The van der Waals surface area contributed by atoms with Crippen molar-refractivity contribution in [2.45, 2.75) is 58.4 Å². The molecule has 0 fully saturated rings. The summed E-state index contributed by atoms with van der Waals surface area (Å²) in [4.78, 5) is 18.2. The minimum absolute atomic E-state index is 0.143. The maximum Gasteiger partial charge on any atom is 0.257 e. The van der Waals surface area contributed by atoms with Gasteiger partial charge >= 0.3 is 0 Å². The second kappa shape index (κ2) is 9.09. The molecule has 2 aromatic carbocycles. The highest BCUT2D eigenvalue weighted by molar-refractivity contribution is 5.70. The van der Waals surface area contributed by atoms with Gasteiger partial charge in [-0.1, -0.05) is 55.8 Å². The molecule has 0 saturated heterocycles. The van der Waals surface area contributed by atoms with Crippen molar-refractivity contribution < 1.29 is 0 Å². The average molecular weight is 398 g/mol. The van der Waals surface area contributed by atoms with Gasteiger partial charge in [0.1, 0.15) is 5.82 Å². The quantitative estimate of drug-likeness (QED) is 0.585. The SMILES string of the molecule is CCCCc1nc2c(c(=O)n1Cc1ccc(-c3ccccc3C#N)cc1)CCCC2. The first-order valence-corrected chi connectivity index (χ1v) is 10.9. The number of hydrogen-bond donors (Lipinski definition) is 0. The Morgan fingerprint density at radius 2 is 1.83 bits per heavy atom. The van der Waals surface area contributed by atoms with E-state index in [0.29, 0.717) is 12.1 Å². The van der Waals surface area contributed by atoms with Gasteiger partial charge in [-0.05, 0) is 54.9 Å². The lowest BCUT2D eigenvalue weighted by molar-refractivity contribution is 0.582. The third-order valence-electron chi connectivity index (χ3n) is 5.92. The van der Waals surface area contributed by atoms with E-state index in [2.05, 4.69) is 25.1 Å². The molecule has 4 heteroatoms. The fourth-order valence-corrected chi connectivity index (χ4v) is 4.23. The summed E-state index contributed by atoms with van der Waals surface area (Å²) in [5, 5.41) is 9.36. The molecule has 1 aliphatic rings. The van der Waals surface area contributed by atoms with Gasteiger partial charge in [-0.15, -0.1) is 0 Å². The number of fused-ring (bicyclic) bond motifs is 1. The Hall–Kier alpha value is -3.19. The van der Waals surface area contributed by atoms with Crippen LogP contribution in [0.4, 0.5) is 0 Å². The van der Waals surface area contributed by atoms with E-state index in [9.17, 15) is 10.1 Å². The maximum absolute atomic E-state index is 13.3. The van der Waals surface area contributed by atoms with Crippen molar-refractivity contribution in [3.63, 3.8) is 0 Å². The Labute approximate surface area is 177 Å². The molecule has 3 aromatic rings. The van der Waals surface area contributed by atoms with Crippen molar-refractivity contribution >= 4 is 0 Å². The molecule has 0 N–H and O–H groups in total. The van der Waals surface area contributed by atoms with Crippen LogP contribution in [-0.2, 0) is 25.8 Å². The van der Waals surface area contributed by atoms with Crippen molar-refractivity contribution in [1.82, 2.24) is 9.55 Å². The Balaban J connectivity index is 1.67. The van der Waals surface area contributed by atoms with E-state index in [1.165, 1.54) is 0 Å². The Morgan fingerprint density at radius 1 is 1.07 bits per heavy atom. The van der Waals surface area contributed by atoms with E-state index in [1.54, 1.807) is 0 Å². The minimum Gasteiger partial charge on any atom is -0.292 e. The Kier molecular flexibility index (Phi) is 6.09. The van der Waals surface area contributed by atoms with Crippen LogP contribution >= 0.6 is 0 Å². The second-order valence-electron chi connectivity index (χ2n) is 8.01. The summed E-state index contributed by atoms with van der Waals surface area (Å²) in [6, 6.07) is 18.1. The van der Waals surface area contributed by atoms with Crippen LogP contribution in [0.3, 0.4) is 0 Å². The van der Waals surface area contributed by atoms with E-state index in [4.69, 9.17) is 4.98 Å². The number of hydrogen-bond acceptors (Lipinski definition) is 3. The lowest BCUT2D eigenvalue weighted by atomic mass is 9.96. The smallest absolute Gasteiger partial charge is 0.257 e. The van der Waals surface area contributed by atoms with Crippen LogP contribution in [0.2, 0.25) is 0 Å². The first-order chi connectivity index (χ1) is 14.7. The maximum atomic E-state index is 13.3. The van der Waals surface area contributed by atoms with Gasteiger partial charge in [-0.2, -0.15) is 5.26 Å². The largest absolute Gasteiger partial charge is 0.292 e. The molecule has 0 radical (unpaired) electrons. The molecule has 0 bridgehead atoms. The summed E-state index contributed by atoms with van der Waals surface area (Å²) >= 11 is 0. The Bertz CT molecular complexity index is 1140. The zero-order chi connectivity index (χ0) is 20.9. The summed E-state index contributed by atoms with van der Waals surface area (Å²) in [5.41, 5.74) is 5.77. The fraction of sp³-hybridized carbons (Fsp3) is 0.346. The molecule has 4 nitrogen and oxygen atoms in total. The molecule has 1 aliphatic carbocycles.